The first kappa shape index (κ1) is 18.1. The van der Waals surface area contributed by atoms with Crippen LogP contribution in [-0.2, 0) is 4.79 Å². The maximum atomic E-state index is 12.5. The first-order chi connectivity index (χ1) is 10.5. The van der Waals surface area contributed by atoms with Crippen molar-refractivity contribution >= 4 is 11.8 Å². The van der Waals surface area contributed by atoms with Crippen LogP contribution in [0.4, 0.5) is 0 Å². The number of rotatable bonds is 8. The fourth-order valence-corrected chi connectivity index (χ4v) is 1.97. The molecule has 2 unspecified atom stereocenters. The van der Waals surface area contributed by atoms with Crippen LogP contribution in [0.25, 0.3) is 0 Å². The van der Waals surface area contributed by atoms with E-state index >= 15 is 0 Å². The molecule has 0 saturated heterocycles. The van der Waals surface area contributed by atoms with Crippen LogP contribution >= 0.6 is 0 Å². The van der Waals surface area contributed by atoms with Crippen molar-refractivity contribution in [3.05, 3.63) is 24.3 Å². The van der Waals surface area contributed by atoms with E-state index < -0.39 is 0 Å². The maximum absolute atomic E-state index is 12.5. The Morgan fingerprint density at radius 3 is 2.50 bits per heavy atom. The van der Waals surface area contributed by atoms with E-state index in [2.05, 4.69) is 15.3 Å². The van der Waals surface area contributed by atoms with Crippen molar-refractivity contribution in [3.8, 4) is 0 Å². The quantitative estimate of drug-likeness (QED) is 0.797. The van der Waals surface area contributed by atoms with E-state index in [1.54, 1.807) is 4.90 Å². The second kappa shape index (κ2) is 9.12. The summed E-state index contributed by atoms with van der Waals surface area (Å²) in [5.41, 5.74) is 0.310. The average molecular weight is 306 g/mol. The van der Waals surface area contributed by atoms with Crippen LogP contribution in [0, 0.1) is 0 Å². The Morgan fingerprint density at radius 2 is 1.95 bits per heavy atom. The topological polar surface area (TPSA) is 75.2 Å². The van der Waals surface area contributed by atoms with Gasteiger partial charge in [-0.05, 0) is 26.7 Å². The molecule has 0 aliphatic heterocycles. The molecule has 1 aromatic heterocycles. The summed E-state index contributed by atoms with van der Waals surface area (Å²) >= 11 is 0. The second-order valence-electron chi connectivity index (χ2n) is 5.47. The van der Waals surface area contributed by atoms with E-state index in [1.165, 1.54) is 18.6 Å². The van der Waals surface area contributed by atoms with Crippen LogP contribution in [0.15, 0.2) is 18.6 Å². The van der Waals surface area contributed by atoms with E-state index in [1.807, 2.05) is 27.7 Å². The highest BCUT2D eigenvalue weighted by molar-refractivity contribution is 5.92. The standard InChI is InChI=1S/C16H26N4O2/c1-5-12(3)19-15(21)7-10-20(13(4)6-2)16(22)14-11-17-8-9-18-14/h8-9,11-13H,5-7,10H2,1-4H3,(H,19,21). The van der Waals surface area contributed by atoms with Crippen LogP contribution in [0.5, 0.6) is 0 Å². The monoisotopic (exact) mass is 306 g/mol. The first-order valence-corrected chi connectivity index (χ1v) is 7.85. The zero-order valence-corrected chi connectivity index (χ0v) is 13.9. The molecule has 2 amide bonds. The van der Waals surface area contributed by atoms with Crippen molar-refractivity contribution in [2.75, 3.05) is 6.54 Å². The first-order valence-electron chi connectivity index (χ1n) is 7.85. The molecule has 1 rings (SSSR count). The number of carbonyl (C=O) groups excluding carboxylic acids is 2. The van der Waals surface area contributed by atoms with Crippen LogP contribution < -0.4 is 5.32 Å². The molecular weight excluding hydrogens is 280 g/mol. The molecule has 0 aliphatic rings. The van der Waals surface area contributed by atoms with Gasteiger partial charge in [0.2, 0.25) is 5.91 Å². The minimum Gasteiger partial charge on any atom is -0.354 e. The summed E-state index contributed by atoms with van der Waals surface area (Å²) in [5.74, 6) is -0.214. The molecule has 0 saturated carbocycles. The van der Waals surface area contributed by atoms with Crippen LogP contribution in [-0.4, -0.2) is 45.3 Å². The molecule has 6 nitrogen and oxygen atoms in total. The average Bonchev–Trinajstić information content (AvgIpc) is 2.55. The highest BCUT2D eigenvalue weighted by Crippen LogP contribution is 2.09. The van der Waals surface area contributed by atoms with Gasteiger partial charge < -0.3 is 10.2 Å². The molecule has 0 radical (unpaired) electrons. The second-order valence-corrected chi connectivity index (χ2v) is 5.47. The van der Waals surface area contributed by atoms with E-state index in [0.29, 0.717) is 18.7 Å². The van der Waals surface area contributed by atoms with E-state index in [4.69, 9.17) is 0 Å². The lowest BCUT2D eigenvalue weighted by molar-refractivity contribution is -0.121. The molecule has 1 aromatic rings. The third kappa shape index (κ3) is 5.42. The van der Waals surface area contributed by atoms with Crippen molar-refractivity contribution in [2.45, 2.75) is 59.0 Å². The summed E-state index contributed by atoms with van der Waals surface area (Å²) in [6, 6.07) is 0.200. The molecule has 2 atom stereocenters. The fraction of sp³-hybridized carbons (Fsp3) is 0.625. The number of aromatic nitrogens is 2. The van der Waals surface area contributed by atoms with Gasteiger partial charge in [-0.15, -0.1) is 0 Å². The molecule has 0 aliphatic carbocycles. The van der Waals surface area contributed by atoms with Crippen molar-refractivity contribution in [3.63, 3.8) is 0 Å². The SMILES string of the molecule is CCC(C)NC(=O)CCN(C(=O)c1cnccn1)C(C)CC. The van der Waals surface area contributed by atoms with Gasteiger partial charge in [0.15, 0.2) is 0 Å². The number of amides is 2. The molecule has 1 heterocycles. The zero-order valence-electron chi connectivity index (χ0n) is 13.9. The van der Waals surface area contributed by atoms with Gasteiger partial charge in [-0.3, -0.25) is 14.6 Å². The predicted molar refractivity (Wildman–Crippen MR) is 85.3 cm³/mol. The highest BCUT2D eigenvalue weighted by Gasteiger charge is 2.22. The highest BCUT2D eigenvalue weighted by atomic mass is 16.2. The van der Waals surface area contributed by atoms with Gasteiger partial charge in [0.1, 0.15) is 5.69 Å². The van der Waals surface area contributed by atoms with Gasteiger partial charge in [-0.2, -0.15) is 0 Å². The maximum Gasteiger partial charge on any atom is 0.274 e. The van der Waals surface area contributed by atoms with E-state index in [-0.39, 0.29) is 23.9 Å². The number of hydrogen-bond donors (Lipinski definition) is 1. The molecule has 6 heteroatoms. The molecule has 0 fully saturated rings. The van der Waals surface area contributed by atoms with E-state index in [0.717, 1.165) is 12.8 Å². The Morgan fingerprint density at radius 1 is 1.23 bits per heavy atom. The van der Waals surface area contributed by atoms with Gasteiger partial charge in [0.05, 0.1) is 6.20 Å². The lowest BCUT2D eigenvalue weighted by Crippen LogP contribution is -2.42. The molecule has 0 spiro atoms. The summed E-state index contributed by atoms with van der Waals surface area (Å²) in [5, 5.41) is 2.92. The normalized spacial score (nSPS) is 13.3. The fourth-order valence-electron chi connectivity index (χ4n) is 1.97. The van der Waals surface area contributed by atoms with Crippen LogP contribution in [0.2, 0.25) is 0 Å². The van der Waals surface area contributed by atoms with E-state index in [9.17, 15) is 9.59 Å². The smallest absolute Gasteiger partial charge is 0.274 e. The van der Waals surface area contributed by atoms with Gasteiger partial charge in [-0.25, -0.2) is 4.98 Å². The number of nitrogens with zero attached hydrogens (tertiary/aromatic N) is 3. The lowest BCUT2D eigenvalue weighted by atomic mass is 10.2. The molecule has 0 aromatic carbocycles. The zero-order chi connectivity index (χ0) is 16.5. The molecule has 122 valence electrons. The lowest BCUT2D eigenvalue weighted by Gasteiger charge is -2.28. The minimum atomic E-state index is -0.182. The predicted octanol–water partition coefficient (Wildman–Crippen LogP) is 2.02. The third-order valence-electron chi connectivity index (χ3n) is 3.77. The third-order valence-corrected chi connectivity index (χ3v) is 3.77. The van der Waals surface area contributed by atoms with Gasteiger partial charge in [0.25, 0.3) is 5.91 Å². The minimum absolute atomic E-state index is 0.0328. The Kier molecular flexibility index (Phi) is 7.49. The molecular formula is C16H26N4O2. The number of nitrogens with one attached hydrogen (secondary N) is 1. The summed E-state index contributed by atoms with van der Waals surface area (Å²) in [7, 11) is 0. The Balaban J connectivity index is 2.69. The summed E-state index contributed by atoms with van der Waals surface area (Å²) in [4.78, 5) is 34.1. The summed E-state index contributed by atoms with van der Waals surface area (Å²) in [6.45, 7) is 8.36. The van der Waals surface area contributed by atoms with Crippen molar-refractivity contribution < 1.29 is 9.59 Å². The van der Waals surface area contributed by atoms with Crippen LogP contribution in [0.3, 0.4) is 0 Å². The molecule has 0 bridgehead atoms. The van der Waals surface area contributed by atoms with Gasteiger partial charge in [-0.1, -0.05) is 13.8 Å². The summed E-state index contributed by atoms with van der Waals surface area (Å²) < 4.78 is 0. The largest absolute Gasteiger partial charge is 0.354 e. The van der Waals surface area contributed by atoms with Crippen molar-refractivity contribution in [1.82, 2.24) is 20.2 Å². The van der Waals surface area contributed by atoms with Crippen LogP contribution in [0.1, 0.15) is 57.4 Å². The number of hydrogen-bond acceptors (Lipinski definition) is 4. The van der Waals surface area contributed by atoms with Crippen molar-refractivity contribution in [2.24, 2.45) is 0 Å². The van der Waals surface area contributed by atoms with Crippen molar-refractivity contribution in [1.29, 1.82) is 0 Å². The summed E-state index contributed by atoms with van der Waals surface area (Å²) in [6.07, 6.45) is 6.48. The Bertz CT molecular complexity index is 478. The Labute approximate surface area is 132 Å². The van der Waals surface area contributed by atoms with Gasteiger partial charge >= 0.3 is 0 Å². The number of carbonyl (C=O) groups is 2. The Hall–Kier alpha value is -1.98. The molecule has 1 N–H and O–H groups in total. The molecule has 22 heavy (non-hydrogen) atoms. The van der Waals surface area contributed by atoms with Gasteiger partial charge in [0, 0.05) is 37.4 Å².